The van der Waals surface area contributed by atoms with Gasteiger partial charge in [-0.2, -0.15) is 0 Å². The predicted molar refractivity (Wildman–Crippen MR) is 101 cm³/mol. The minimum atomic E-state index is -0.148. The number of carbonyl (C=O) groups excluding carboxylic acids is 1. The molecule has 1 amide bonds. The van der Waals surface area contributed by atoms with Crippen molar-refractivity contribution in [3.05, 3.63) is 42.4 Å². The summed E-state index contributed by atoms with van der Waals surface area (Å²) in [6.45, 7) is 4.72. The molecular weight excluding hydrogens is 313 g/mol. The van der Waals surface area contributed by atoms with Gasteiger partial charge in [-0.05, 0) is 18.1 Å². The molecule has 0 saturated heterocycles. The Labute approximate surface area is 148 Å². The van der Waals surface area contributed by atoms with Gasteiger partial charge in [0, 0.05) is 25.5 Å². The molecule has 25 heavy (non-hydrogen) atoms. The normalized spacial score (nSPS) is 11.0. The van der Waals surface area contributed by atoms with E-state index in [1.165, 1.54) is 0 Å². The first kappa shape index (κ1) is 17.0. The number of aromatic nitrogens is 3. The maximum absolute atomic E-state index is 12.5. The lowest BCUT2D eigenvalue weighted by atomic mass is 9.96. The highest BCUT2D eigenvalue weighted by Gasteiger charge is 2.17. The van der Waals surface area contributed by atoms with E-state index in [4.69, 9.17) is 7.85 Å². The van der Waals surface area contributed by atoms with E-state index in [1.807, 2.05) is 35.9 Å². The predicted octanol–water partition coefficient (Wildman–Crippen LogP) is 1.89. The molecule has 1 aromatic carbocycles. The molecule has 0 fully saturated rings. The molecule has 0 aliphatic heterocycles. The van der Waals surface area contributed by atoms with E-state index >= 15 is 0 Å². The Balaban J connectivity index is 1.98. The van der Waals surface area contributed by atoms with E-state index < -0.39 is 0 Å². The van der Waals surface area contributed by atoms with Crippen molar-refractivity contribution in [1.82, 2.24) is 19.9 Å². The number of benzene rings is 1. The van der Waals surface area contributed by atoms with Crippen molar-refractivity contribution in [2.45, 2.75) is 13.8 Å². The molecule has 2 heterocycles. The lowest BCUT2D eigenvalue weighted by Crippen LogP contribution is -2.28. The summed E-state index contributed by atoms with van der Waals surface area (Å²) in [6, 6.07) is 7.40. The lowest BCUT2D eigenvalue weighted by Gasteiger charge is -2.11. The molecule has 0 aliphatic carbocycles. The van der Waals surface area contributed by atoms with Gasteiger partial charge in [-0.25, -0.2) is 9.97 Å². The number of nitrogens with one attached hydrogen (secondary N) is 2. The van der Waals surface area contributed by atoms with Crippen LogP contribution in [-0.4, -0.2) is 34.8 Å². The molecule has 3 rings (SSSR count). The van der Waals surface area contributed by atoms with Crippen LogP contribution in [0.15, 0.2) is 36.8 Å². The van der Waals surface area contributed by atoms with Crippen LogP contribution >= 0.6 is 0 Å². The minimum absolute atomic E-state index is 0.148. The second kappa shape index (κ2) is 6.97. The van der Waals surface area contributed by atoms with Gasteiger partial charge < -0.3 is 15.2 Å². The first-order valence-electron chi connectivity index (χ1n) is 8.16. The number of hydrogen-bond acceptors (Lipinski definition) is 4. The Kier molecular flexibility index (Phi) is 4.74. The number of imidazole rings is 1. The molecule has 0 saturated carbocycles. The van der Waals surface area contributed by atoms with Crippen molar-refractivity contribution >= 4 is 41.8 Å². The maximum Gasteiger partial charge on any atom is 0.255 e. The van der Waals surface area contributed by atoms with Gasteiger partial charge in [-0.3, -0.25) is 4.79 Å². The average molecular weight is 333 g/mol. The van der Waals surface area contributed by atoms with Crippen molar-refractivity contribution in [3.8, 4) is 0 Å². The Morgan fingerprint density at radius 3 is 2.84 bits per heavy atom. The van der Waals surface area contributed by atoms with Crippen LogP contribution in [0, 0.1) is 5.92 Å². The second-order valence-corrected chi connectivity index (χ2v) is 6.43. The zero-order valence-electron chi connectivity index (χ0n) is 14.6. The summed E-state index contributed by atoms with van der Waals surface area (Å²) >= 11 is 0. The number of pyridine rings is 1. The monoisotopic (exact) mass is 333 g/mol. The lowest BCUT2D eigenvalue weighted by molar-refractivity contribution is 0.0950. The number of rotatable bonds is 5. The second-order valence-electron chi connectivity index (χ2n) is 6.43. The smallest absolute Gasteiger partial charge is 0.255 e. The maximum atomic E-state index is 12.5. The van der Waals surface area contributed by atoms with Crippen molar-refractivity contribution < 1.29 is 4.79 Å². The zero-order chi connectivity index (χ0) is 18.0. The highest BCUT2D eigenvalue weighted by molar-refractivity contribution is 6.32. The van der Waals surface area contributed by atoms with Crippen LogP contribution in [0.25, 0.3) is 11.0 Å². The summed E-state index contributed by atoms with van der Waals surface area (Å²) in [5, 5.41) is 6.15. The van der Waals surface area contributed by atoms with Crippen molar-refractivity contribution in [2.75, 3.05) is 11.9 Å². The Morgan fingerprint density at radius 1 is 1.32 bits per heavy atom. The SMILES string of the molecule is [B]c1cccc(Nc2ncc(C(=O)NCC(C)C)c3c2ncn3C)c1. The first-order chi connectivity index (χ1) is 12.0. The topological polar surface area (TPSA) is 71.8 Å². The van der Waals surface area contributed by atoms with Crippen LogP contribution in [0.3, 0.4) is 0 Å². The van der Waals surface area contributed by atoms with Gasteiger partial charge in [0.1, 0.15) is 13.4 Å². The largest absolute Gasteiger partial charge is 0.352 e. The molecule has 2 aromatic heterocycles. The van der Waals surface area contributed by atoms with Gasteiger partial charge in [0.05, 0.1) is 17.4 Å². The molecule has 6 nitrogen and oxygen atoms in total. The molecule has 0 atom stereocenters. The van der Waals surface area contributed by atoms with Crippen molar-refractivity contribution in [1.29, 1.82) is 0 Å². The molecule has 0 bridgehead atoms. The summed E-state index contributed by atoms with van der Waals surface area (Å²) in [4.78, 5) is 21.3. The Morgan fingerprint density at radius 2 is 2.12 bits per heavy atom. The van der Waals surface area contributed by atoms with Crippen LogP contribution in [0.2, 0.25) is 0 Å². The summed E-state index contributed by atoms with van der Waals surface area (Å²) < 4.78 is 1.83. The average Bonchev–Trinajstić information content (AvgIpc) is 2.96. The van der Waals surface area contributed by atoms with Gasteiger partial charge >= 0.3 is 0 Å². The van der Waals surface area contributed by atoms with Crippen LogP contribution in [0.5, 0.6) is 0 Å². The fraction of sp³-hybridized carbons (Fsp3) is 0.278. The van der Waals surface area contributed by atoms with E-state index in [1.54, 1.807) is 12.5 Å². The van der Waals surface area contributed by atoms with E-state index in [9.17, 15) is 4.79 Å². The van der Waals surface area contributed by atoms with E-state index in [2.05, 4.69) is 34.4 Å². The third kappa shape index (κ3) is 3.65. The zero-order valence-corrected chi connectivity index (χ0v) is 14.6. The van der Waals surface area contributed by atoms with Gasteiger partial charge in [0.15, 0.2) is 5.82 Å². The number of amides is 1. The number of anilines is 2. The van der Waals surface area contributed by atoms with Crippen LogP contribution in [0.4, 0.5) is 11.5 Å². The fourth-order valence-electron chi connectivity index (χ4n) is 2.58. The van der Waals surface area contributed by atoms with Gasteiger partial charge in [-0.1, -0.05) is 31.4 Å². The fourth-order valence-corrected chi connectivity index (χ4v) is 2.58. The van der Waals surface area contributed by atoms with Crippen molar-refractivity contribution in [3.63, 3.8) is 0 Å². The molecule has 0 aliphatic rings. The minimum Gasteiger partial charge on any atom is -0.352 e. The summed E-state index contributed by atoms with van der Waals surface area (Å²) in [7, 11) is 7.68. The van der Waals surface area contributed by atoms with Gasteiger partial charge in [0.2, 0.25) is 0 Å². The van der Waals surface area contributed by atoms with Crippen LogP contribution in [0.1, 0.15) is 24.2 Å². The standard InChI is InChI=1S/C18H20BN5O/c1-11(2)8-21-18(25)14-9-20-17(15-16(14)24(3)10-22-15)23-13-6-4-5-12(19)7-13/h4-7,9-11H,8H2,1-3H3,(H,20,23)(H,21,25). The molecule has 0 spiro atoms. The first-order valence-corrected chi connectivity index (χ1v) is 8.16. The number of fused-ring (bicyclic) bond motifs is 1. The summed E-state index contributed by atoms with van der Waals surface area (Å²) in [5.41, 5.74) is 3.36. The number of hydrogen-bond donors (Lipinski definition) is 2. The molecule has 7 heteroatoms. The van der Waals surface area contributed by atoms with Crippen LogP contribution in [-0.2, 0) is 7.05 Å². The third-order valence-corrected chi connectivity index (χ3v) is 3.80. The Hall–Kier alpha value is -2.83. The molecule has 0 unspecified atom stereocenters. The summed E-state index contributed by atoms with van der Waals surface area (Å²) in [5.74, 6) is 0.815. The highest BCUT2D eigenvalue weighted by atomic mass is 16.1. The molecule has 2 radical (unpaired) electrons. The Bertz CT molecular complexity index is 919. The summed E-state index contributed by atoms with van der Waals surface area (Å²) in [6.07, 6.45) is 3.25. The molecule has 2 N–H and O–H groups in total. The van der Waals surface area contributed by atoms with Gasteiger partial charge in [0.25, 0.3) is 5.91 Å². The van der Waals surface area contributed by atoms with Crippen molar-refractivity contribution in [2.24, 2.45) is 13.0 Å². The quantitative estimate of drug-likeness (QED) is 0.700. The number of aryl methyl sites for hydroxylation is 1. The molecule has 126 valence electrons. The van der Waals surface area contributed by atoms with E-state index in [0.717, 1.165) is 11.2 Å². The highest BCUT2D eigenvalue weighted by Crippen LogP contribution is 2.25. The molecule has 3 aromatic rings. The van der Waals surface area contributed by atoms with Gasteiger partial charge in [-0.15, -0.1) is 0 Å². The third-order valence-electron chi connectivity index (χ3n) is 3.80. The van der Waals surface area contributed by atoms with E-state index in [0.29, 0.717) is 34.8 Å². The number of nitrogens with zero attached hydrogens (tertiary/aromatic N) is 3. The molecular formula is C18H20BN5O. The van der Waals surface area contributed by atoms with E-state index in [-0.39, 0.29) is 5.91 Å². The number of carbonyl (C=O) groups is 1. The van der Waals surface area contributed by atoms with Crippen LogP contribution < -0.4 is 16.1 Å².